The SMILES string of the molecule is Cc1cc(C)c(-c2cc(SCCC(=O)N(CCO)CCCNC(=O)OC(C)(C)C)nc(N)n2)cc1C(=O)O. The predicted octanol–water partition coefficient (Wildman–Crippen LogP) is 3.26. The molecule has 0 unspecified atom stereocenters. The maximum atomic E-state index is 12.7. The van der Waals surface area contributed by atoms with E-state index < -0.39 is 17.7 Å². The van der Waals surface area contributed by atoms with Gasteiger partial charge >= 0.3 is 12.1 Å². The van der Waals surface area contributed by atoms with E-state index in [1.165, 1.54) is 11.8 Å². The van der Waals surface area contributed by atoms with Crippen LogP contribution < -0.4 is 11.1 Å². The third-order valence-corrected chi connectivity index (χ3v) is 6.27. The molecule has 0 aliphatic heterocycles. The summed E-state index contributed by atoms with van der Waals surface area (Å²) in [5.41, 5.74) is 8.19. The molecule has 0 saturated carbocycles. The average Bonchev–Trinajstić information content (AvgIpc) is 2.79. The van der Waals surface area contributed by atoms with Gasteiger partial charge in [-0.3, -0.25) is 4.79 Å². The van der Waals surface area contributed by atoms with Gasteiger partial charge in [0.15, 0.2) is 0 Å². The minimum Gasteiger partial charge on any atom is -0.478 e. The molecule has 0 radical (unpaired) electrons. The van der Waals surface area contributed by atoms with Gasteiger partial charge in [0.1, 0.15) is 10.6 Å². The van der Waals surface area contributed by atoms with Crippen LogP contribution >= 0.6 is 11.8 Å². The first-order valence-electron chi connectivity index (χ1n) is 12.3. The number of ether oxygens (including phenoxy) is 1. The molecule has 2 aromatic rings. The Morgan fingerprint density at radius 1 is 1.11 bits per heavy atom. The Morgan fingerprint density at radius 3 is 2.45 bits per heavy atom. The molecule has 0 saturated heterocycles. The molecule has 2 rings (SSSR count). The summed E-state index contributed by atoms with van der Waals surface area (Å²) < 4.78 is 5.19. The Hall–Kier alpha value is -3.38. The fourth-order valence-corrected chi connectivity index (χ4v) is 4.51. The van der Waals surface area contributed by atoms with E-state index in [0.29, 0.717) is 47.1 Å². The van der Waals surface area contributed by atoms with Crippen molar-refractivity contribution < 1.29 is 29.3 Å². The van der Waals surface area contributed by atoms with Crippen LogP contribution in [-0.4, -0.2) is 80.6 Å². The van der Waals surface area contributed by atoms with Gasteiger partial charge in [-0.2, -0.15) is 0 Å². The lowest BCUT2D eigenvalue weighted by atomic mass is 9.98. The van der Waals surface area contributed by atoms with Gasteiger partial charge in [0.2, 0.25) is 11.9 Å². The fourth-order valence-electron chi connectivity index (χ4n) is 3.67. The molecule has 0 spiro atoms. The number of hydrogen-bond donors (Lipinski definition) is 4. The van der Waals surface area contributed by atoms with E-state index in [2.05, 4.69) is 15.3 Å². The van der Waals surface area contributed by atoms with E-state index >= 15 is 0 Å². The molecular weight excluding hydrogens is 510 g/mol. The first kappa shape index (κ1) is 30.8. The largest absolute Gasteiger partial charge is 0.478 e. The molecule has 5 N–H and O–H groups in total. The summed E-state index contributed by atoms with van der Waals surface area (Å²) in [6, 6.07) is 5.10. The van der Waals surface area contributed by atoms with Crippen LogP contribution in [0.15, 0.2) is 23.2 Å². The number of nitrogen functional groups attached to an aromatic ring is 1. The highest BCUT2D eigenvalue weighted by molar-refractivity contribution is 7.99. The number of aromatic carboxylic acids is 1. The Balaban J connectivity index is 1.97. The number of benzene rings is 1. The number of carbonyl (C=O) groups excluding carboxylic acids is 2. The monoisotopic (exact) mass is 547 g/mol. The number of aliphatic hydroxyl groups excluding tert-OH is 1. The number of anilines is 1. The van der Waals surface area contributed by atoms with Crippen LogP contribution in [0.5, 0.6) is 0 Å². The van der Waals surface area contributed by atoms with Crippen molar-refractivity contribution in [1.29, 1.82) is 0 Å². The average molecular weight is 548 g/mol. The minimum atomic E-state index is -1.02. The quantitative estimate of drug-likeness (QED) is 0.176. The highest BCUT2D eigenvalue weighted by atomic mass is 32.2. The summed E-state index contributed by atoms with van der Waals surface area (Å²) in [5, 5.41) is 22.1. The first-order chi connectivity index (χ1) is 17.8. The number of nitrogens with two attached hydrogens (primary N) is 1. The molecule has 12 heteroatoms. The molecule has 1 heterocycles. The van der Waals surface area contributed by atoms with E-state index in [0.717, 1.165) is 5.56 Å². The maximum Gasteiger partial charge on any atom is 0.407 e. The van der Waals surface area contributed by atoms with E-state index in [9.17, 15) is 24.6 Å². The zero-order chi connectivity index (χ0) is 28.5. The van der Waals surface area contributed by atoms with Gasteiger partial charge in [-0.05, 0) is 64.3 Å². The fraction of sp³-hybridized carbons (Fsp3) is 0.500. The molecule has 208 valence electrons. The molecule has 1 aromatic carbocycles. The highest BCUT2D eigenvalue weighted by Crippen LogP contribution is 2.29. The Labute approximate surface area is 227 Å². The lowest BCUT2D eigenvalue weighted by Gasteiger charge is -2.22. The van der Waals surface area contributed by atoms with E-state index in [-0.39, 0.29) is 37.0 Å². The van der Waals surface area contributed by atoms with Crippen LogP contribution in [-0.2, 0) is 9.53 Å². The van der Waals surface area contributed by atoms with Crippen LogP contribution in [0, 0.1) is 13.8 Å². The topological polar surface area (TPSA) is 168 Å². The van der Waals surface area contributed by atoms with Gasteiger partial charge in [-0.25, -0.2) is 19.6 Å². The van der Waals surface area contributed by atoms with Crippen molar-refractivity contribution in [3.63, 3.8) is 0 Å². The highest BCUT2D eigenvalue weighted by Gasteiger charge is 2.18. The smallest absolute Gasteiger partial charge is 0.407 e. The van der Waals surface area contributed by atoms with Gasteiger partial charge in [0.05, 0.1) is 17.9 Å². The second kappa shape index (κ2) is 14.0. The number of thioether (sulfide) groups is 1. The van der Waals surface area contributed by atoms with E-state index in [1.54, 1.807) is 50.8 Å². The number of amides is 2. The van der Waals surface area contributed by atoms with Crippen molar-refractivity contribution >= 4 is 35.7 Å². The number of alkyl carbamates (subject to hydrolysis) is 1. The number of rotatable bonds is 12. The molecule has 1 aromatic heterocycles. The van der Waals surface area contributed by atoms with Crippen LogP contribution in [0.3, 0.4) is 0 Å². The molecule has 0 aliphatic rings. The summed E-state index contributed by atoms with van der Waals surface area (Å²) in [6.45, 7) is 9.69. The molecule has 38 heavy (non-hydrogen) atoms. The third-order valence-electron chi connectivity index (χ3n) is 5.36. The van der Waals surface area contributed by atoms with Crippen LogP contribution in [0.2, 0.25) is 0 Å². The second-order valence-electron chi connectivity index (χ2n) is 9.72. The van der Waals surface area contributed by atoms with Crippen molar-refractivity contribution in [3.05, 3.63) is 34.9 Å². The number of nitrogens with one attached hydrogen (secondary N) is 1. The van der Waals surface area contributed by atoms with Crippen molar-refractivity contribution in [3.8, 4) is 11.3 Å². The molecule has 2 amide bonds. The summed E-state index contributed by atoms with van der Waals surface area (Å²) in [5.74, 6) is -0.689. The number of carboxylic acids is 1. The molecule has 0 atom stereocenters. The van der Waals surface area contributed by atoms with Crippen molar-refractivity contribution in [2.45, 2.75) is 58.1 Å². The van der Waals surface area contributed by atoms with Crippen molar-refractivity contribution in [2.75, 3.05) is 37.7 Å². The van der Waals surface area contributed by atoms with Gasteiger partial charge in [0.25, 0.3) is 0 Å². The lowest BCUT2D eigenvalue weighted by Crippen LogP contribution is -2.37. The number of nitrogens with zero attached hydrogens (tertiary/aromatic N) is 3. The van der Waals surface area contributed by atoms with Crippen LogP contribution in [0.4, 0.5) is 10.7 Å². The van der Waals surface area contributed by atoms with Crippen LogP contribution in [0.25, 0.3) is 11.3 Å². The predicted molar refractivity (Wildman–Crippen MR) is 146 cm³/mol. The van der Waals surface area contributed by atoms with Crippen LogP contribution in [0.1, 0.15) is 55.1 Å². The summed E-state index contributed by atoms with van der Waals surface area (Å²) in [6.07, 6.45) is 0.200. The van der Waals surface area contributed by atoms with E-state index in [1.807, 2.05) is 6.92 Å². The molecule has 0 aliphatic carbocycles. The third kappa shape index (κ3) is 9.82. The minimum absolute atomic E-state index is 0.0487. The molecule has 11 nitrogen and oxygen atoms in total. The van der Waals surface area contributed by atoms with Gasteiger partial charge in [-0.15, -0.1) is 11.8 Å². The zero-order valence-corrected chi connectivity index (χ0v) is 23.4. The first-order valence-corrected chi connectivity index (χ1v) is 13.3. The Bertz CT molecular complexity index is 1150. The number of aromatic nitrogens is 2. The van der Waals surface area contributed by atoms with Gasteiger partial charge in [-0.1, -0.05) is 6.07 Å². The molecule has 0 fully saturated rings. The number of aryl methyl sites for hydroxylation is 2. The summed E-state index contributed by atoms with van der Waals surface area (Å²) >= 11 is 1.33. The van der Waals surface area contributed by atoms with Gasteiger partial charge < -0.3 is 30.9 Å². The summed E-state index contributed by atoms with van der Waals surface area (Å²) in [7, 11) is 0. The maximum absolute atomic E-state index is 12.7. The van der Waals surface area contributed by atoms with Crippen molar-refractivity contribution in [1.82, 2.24) is 20.2 Å². The second-order valence-corrected chi connectivity index (χ2v) is 10.8. The lowest BCUT2D eigenvalue weighted by molar-refractivity contribution is -0.131. The molecular formula is C26H37N5O6S. The number of carboxylic acid groups (broad SMARTS) is 1. The zero-order valence-electron chi connectivity index (χ0n) is 22.5. The van der Waals surface area contributed by atoms with E-state index in [4.69, 9.17) is 10.5 Å². The summed E-state index contributed by atoms with van der Waals surface area (Å²) in [4.78, 5) is 46.2. The number of carbonyl (C=O) groups is 3. The normalized spacial score (nSPS) is 11.2. The standard InChI is InChI=1S/C26H37N5O6S/c1-16-13-17(2)19(23(34)35)14-18(16)20-15-21(30-24(27)29-20)38-12-7-22(33)31(10-11-32)9-6-8-28-25(36)37-26(3,4)5/h13-15,32H,6-12H2,1-5H3,(H,28,36)(H,34,35)(H2,27,29,30). The van der Waals surface area contributed by atoms with Crippen molar-refractivity contribution in [2.24, 2.45) is 0 Å². The Morgan fingerprint density at radius 2 is 1.82 bits per heavy atom. The van der Waals surface area contributed by atoms with Gasteiger partial charge in [0, 0.05) is 37.4 Å². The Kier molecular flexibility index (Phi) is 11.3. The number of hydrogen-bond acceptors (Lipinski definition) is 9. The molecule has 0 bridgehead atoms. The number of aliphatic hydroxyl groups is 1.